The van der Waals surface area contributed by atoms with Crippen LogP contribution in [0.5, 0.6) is 0 Å². The van der Waals surface area contributed by atoms with Crippen LogP contribution in [-0.4, -0.2) is 16.2 Å². The summed E-state index contributed by atoms with van der Waals surface area (Å²) >= 11 is 5.84. The quantitative estimate of drug-likeness (QED) is 0.667. The van der Waals surface area contributed by atoms with E-state index >= 15 is 0 Å². The summed E-state index contributed by atoms with van der Waals surface area (Å²) in [6.07, 6.45) is 1.15. The fourth-order valence-corrected chi connectivity index (χ4v) is 2.73. The number of fused-ring (bicyclic) bond motifs is 1. The molecule has 0 aromatic carbocycles. The molecule has 0 radical (unpaired) electrons. The van der Waals surface area contributed by atoms with Gasteiger partial charge in [0, 0.05) is 0 Å². The van der Waals surface area contributed by atoms with Crippen molar-refractivity contribution in [2.75, 3.05) is 6.61 Å². The Morgan fingerprint density at radius 1 is 1.59 bits per heavy atom. The maximum Gasteiger partial charge on any atom is 0.270 e. The molecule has 1 atom stereocenters. The molecular formula is C11H6ClFN2O2. The molecule has 1 saturated heterocycles. The van der Waals surface area contributed by atoms with Gasteiger partial charge in [-0.2, -0.15) is 0 Å². The highest BCUT2D eigenvalue weighted by atomic mass is 35.5. The molecule has 17 heavy (non-hydrogen) atoms. The van der Waals surface area contributed by atoms with Gasteiger partial charge in [-0.05, 0) is 6.07 Å². The third-order valence-electron chi connectivity index (χ3n) is 3.38. The lowest BCUT2D eigenvalue weighted by atomic mass is 10.0. The second-order valence-corrected chi connectivity index (χ2v) is 4.79. The number of nitrogens with zero attached hydrogens (tertiary/aromatic N) is 2. The van der Waals surface area contributed by atoms with Gasteiger partial charge in [0.2, 0.25) is 0 Å². The van der Waals surface area contributed by atoms with E-state index in [1.165, 1.54) is 10.6 Å². The SMILES string of the molecule is O=c1c(Cl)cc2ncc(F)c3c2n1CC31CO1. The summed E-state index contributed by atoms with van der Waals surface area (Å²) in [5, 5.41) is 0.0975. The van der Waals surface area contributed by atoms with E-state index in [9.17, 15) is 9.18 Å². The Hall–Kier alpha value is -1.46. The van der Waals surface area contributed by atoms with Crippen molar-refractivity contribution < 1.29 is 9.13 Å². The minimum Gasteiger partial charge on any atom is -0.362 e. The number of rotatable bonds is 0. The van der Waals surface area contributed by atoms with Crippen LogP contribution in [0.25, 0.3) is 11.0 Å². The van der Waals surface area contributed by atoms with Crippen LogP contribution >= 0.6 is 11.6 Å². The van der Waals surface area contributed by atoms with Gasteiger partial charge in [-0.15, -0.1) is 0 Å². The van der Waals surface area contributed by atoms with Gasteiger partial charge < -0.3 is 9.30 Å². The Balaban J connectivity index is 2.27. The van der Waals surface area contributed by atoms with Crippen molar-refractivity contribution in [3.8, 4) is 0 Å². The molecule has 0 aliphatic carbocycles. The third-order valence-corrected chi connectivity index (χ3v) is 3.65. The highest BCUT2D eigenvalue weighted by Crippen LogP contribution is 2.48. The molecule has 1 spiro atoms. The van der Waals surface area contributed by atoms with Crippen LogP contribution in [0.3, 0.4) is 0 Å². The number of halogens is 2. The average Bonchev–Trinajstić information content (AvgIpc) is 2.96. The van der Waals surface area contributed by atoms with Gasteiger partial charge in [0.05, 0.1) is 35.9 Å². The van der Waals surface area contributed by atoms with Gasteiger partial charge in [0.15, 0.2) is 0 Å². The molecule has 6 heteroatoms. The van der Waals surface area contributed by atoms with Crippen molar-refractivity contribution in [1.82, 2.24) is 9.55 Å². The van der Waals surface area contributed by atoms with Gasteiger partial charge in [-0.3, -0.25) is 9.78 Å². The van der Waals surface area contributed by atoms with Crippen LogP contribution in [-0.2, 0) is 16.9 Å². The molecule has 1 unspecified atom stereocenters. The molecule has 86 valence electrons. The van der Waals surface area contributed by atoms with E-state index in [1.807, 2.05) is 0 Å². The predicted octanol–water partition coefficient (Wildman–Crippen LogP) is 1.43. The zero-order chi connectivity index (χ0) is 11.8. The van der Waals surface area contributed by atoms with E-state index in [0.29, 0.717) is 29.7 Å². The maximum atomic E-state index is 13.8. The van der Waals surface area contributed by atoms with Crippen LogP contribution in [0.4, 0.5) is 4.39 Å². The molecule has 2 aliphatic heterocycles. The molecule has 0 saturated carbocycles. The standard InChI is InChI=1S/C11H6ClFN2O2/c12-5-1-7-9-8(6(13)2-14-7)11(4-17-11)3-15(9)10(5)16/h1-2H,3-4H2. The molecule has 0 N–H and O–H groups in total. The van der Waals surface area contributed by atoms with Crippen LogP contribution in [0, 0.1) is 5.82 Å². The van der Waals surface area contributed by atoms with Crippen LogP contribution in [0.2, 0.25) is 5.02 Å². The molecule has 0 bridgehead atoms. The van der Waals surface area contributed by atoms with E-state index in [-0.39, 0.29) is 10.6 Å². The van der Waals surface area contributed by atoms with E-state index in [4.69, 9.17) is 16.3 Å². The van der Waals surface area contributed by atoms with Gasteiger partial charge in [-0.25, -0.2) is 4.39 Å². The zero-order valence-electron chi connectivity index (χ0n) is 8.54. The number of epoxide rings is 1. The molecule has 2 aromatic rings. The molecule has 4 nitrogen and oxygen atoms in total. The third kappa shape index (κ3) is 1.01. The van der Waals surface area contributed by atoms with Crippen molar-refractivity contribution in [3.63, 3.8) is 0 Å². The lowest BCUT2D eigenvalue weighted by Crippen LogP contribution is -2.21. The summed E-state index contributed by atoms with van der Waals surface area (Å²) in [6, 6.07) is 1.47. The smallest absolute Gasteiger partial charge is 0.270 e. The lowest BCUT2D eigenvalue weighted by Gasteiger charge is -2.03. The van der Waals surface area contributed by atoms with E-state index in [2.05, 4.69) is 4.98 Å². The van der Waals surface area contributed by atoms with Crippen molar-refractivity contribution in [2.24, 2.45) is 0 Å². The first-order valence-electron chi connectivity index (χ1n) is 5.14. The van der Waals surface area contributed by atoms with Crippen molar-refractivity contribution in [3.05, 3.63) is 39.0 Å². The Kier molecular flexibility index (Phi) is 1.51. The summed E-state index contributed by atoms with van der Waals surface area (Å²) in [5.41, 5.74) is 0.494. The first kappa shape index (κ1) is 9.56. The highest BCUT2D eigenvalue weighted by molar-refractivity contribution is 6.31. The van der Waals surface area contributed by atoms with Gasteiger partial charge in [0.1, 0.15) is 16.4 Å². The predicted molar refractivity (Wildman–Crippen MR) is 58.6 cm³/mol. The minimum absolute atomic E-state index is 0.0975. The molecular weight excluding hydrogens is 247 g/mol. The Morgan fingerprint density at radius 3 is 3.06 bits per heavy atom. The fourth-order valence-electron chi connectivity index (χ4n) is 2.53. The number of ether oxygens (including phenoxy) is 1. The average molecular weight is 253 g/mol. The molecule has 4 heterocycles. The van der Waals surface area contributed by atoms with Gasteiger partial charge >= 0.3 is 0 Å². The van der Waals surface area contributed by atoms with Crippen LogP contribution in [0.15, 0.2) is 17.1 Å². The van der Waals surface area contributed by atoms with Crippen molar-refractivity contribution in [1.29, 1.82) is 0 Å². The zero-order valence-corrected chi connectivity index (χ0v) is 9.29. The summed E-state index contributed by atoms with van der Waals surface area (Å²) in [4.78, 5) is 15.9. The molecule has 2 aromatic heterocycles. The van der Waals surface area contributed by atoms with E-state index < -0.39 is 11.4 Å². The molecule has 1 fully saturated rings. The van der Waals surface area contributed by atoms with Crippen molar-refractivity contribution in [2.45, 2.75) is 12.1 Å². The lowest BCUT2D eigenvalue weighted by molar-refractivity contribution is 0.287. The summed E-state index contributed by atoms with van der Waals surface area (Å²) in [6.45, 7) is 0.753. The maximum absolute atomic E-state index is 13.8. The van der Waals surface area contributed by atoms with Gasteiger partial charge in [0.25, 0.3) is 5.56 Å². The number of hydrogen-bond donors (Lipinski definition) is 0. The molecule has 0 amide bonds. The normalized spacial score (nSPS) is 24.8. The van der Waals surface area contributed by atoms with E-state index in [1.54, 1.807) is 0 Å². The largest absolute Gasteiger partial charge is 0.362 e. The summed E-state index contributed by atoms with van der Waals surface area (Å²) in [5.74, 6) is -0.428. The minimum atomic E-state index is -0.665. The number of pyridine rings is 2. The van der Waals surface area contributed by atoms with Gasteiger partial charge in [-0.1, -0.05) is 11.6 Å². The van der Waals surface area contributed by atoms with E-state index in [0.717, 1.165) is 6.20 Å². The second-order valence-electron chi connectivity index (χ2n) is 4.38. The molecule has 4 rings (SSSR count). The number of aromatic nitrogens is 2. The monoisotopic (exact) mass is 252 g/mol. The highest BCUT2D eigenvalue weighted by Gasteiger charge is 2.54. The summed E-state index contributed by atoms with van der Waals surface area (Å²) < 4.78 is 20.6. The Morgan fingerprint density at radius 2 is 2.35 bits per heavy atom. The van der Waals surface area contributed by atoms with Crippen LogP contribution < -0.4 is 5.56 Å². The summed E-state index contributed by atoms with van der Waals surface area (Å²) in [7, 11) is 0. The Labute approximate surface area is 99.6 Å². The second kappa shape index (κ2) is 2.68. The first-order chi connectivity index (χ1) is 8.12. The Bertz CT molecular complexity index is 736. The topological polar surface area (TPSA) is 47.4 Å². The van der Waals surface area contributed by atoms with Crippen LogP contribution in [0.1, 0.15) is 5.56 Å². The number of hydrogen-bond acceptors (Lipinski definition) is 3. The molecule has 2 aliphatic rings. The first-order valence-corrected chi connectivity index (χ1v) is 5.52. The van der Waals surface area contributed by atoms with Crippen molar-refractivity contribution >= 4 is 22.6 Å². The fraction of sp³-hybridized carbons (Fsp3) is 0.273.